The molecule has 1 N–H and O–H groups in total. The Morgan fingerprint density at radius 2 is 1.84 bits per heavy atom. The van der Waals surface area contributed by atoms with Gasteiger partial charge in [0.1, 0.15) is 4.88 Å². The van der Waals surface area contributed by atoms with E-state index in [2.05, 4.69) is 17.0 Å². The van der Waals surface area contributed by atoms with Crippen molar-refractivity contribution < 1.29 is 19.4 Å². The second-order valence-corrected chi connectivity index (χ2v) is 11.4. The van der Waals surface area contributed by atoms with Crippen LogP contribution in [0.25, 0.3) is 27.3 Å². The van der Waals surface area contributed by atoms with E-state index in [4.69, 9.17) is 4.74 Å². The van der Waals surface area contributed by atoms with Crippen LogP contribution in [0.4, 0.5) is 5.69 Å². The standard InChI is InChI=1S/C29H30N4O4S/c1-18-3-5-21(6-4-18)28(34)33(22-11-14-37-17-22)24-16-25(38-27(24)29(35)36)20-9-7-19(8-10-20)23-15-26-30-12-2-13-32(26)31-23/h2,7-10,12-13,15-16,18,21-22H,3-6,11,14,17H2,1H3,(H,35,36)/t18-,21-,22?. The normalized spacial score (nSPS) is 21.6. The fourth-order valence-electron chi connectivity index (χ4n) is 5.56. The first-order valence-electron chi connectivity index (χ1n) is 13.2. The number of nitrogens with zero attached hydrogens (tertiary/aromatic N) is 4. The zero-order valence-electron chi connectivity index (χ0n) is 21.2. The summed E-state index contributed by atoms with van der Waals surface area (Å²) < 4.78 is 7.37. The Labute approximate surface area is 224 Å². The van der Waals surface area contributed by atoms with Gasteiger partial charge in [-0.3, -0.25) is 4.79 Å². The molecule has 1 saturated carbocycles. The number of fused-ring (bicyclic) bond motifs is 1. The molecular formula is C29H30N4O4S. The number of ether oxygens (including phenoxy) is 1. The zero-order chi connectivity index (χ0) is 26.2. The number of hydrogen-bond donors (Lipinski definition) is 1. The molecule has 6 rings (SSSR count). The number of carbonyl (C=O) groups excluding carboxylic acids is 1. The molecule has 8 nitrogen and oxygen atoms in total. The molecule has 2 aliphatic rings. The van der Waals surface area contributed by atoms with Crippen molar-refractivity contribution in [1.82, 2.24) is 14.6 Å². The van der Waals surface area contributed by atoms with Crippen LogP contribution in [0.5, 0.6) is 0 Å². The highest BCUT2D eigenvalue weighted by molar-refractivity contribution is 7.18. The first-order chi connectivity index (χ1) is 18.5. The van der Waals surface area contributed by atoms with Gasteiger partial charge in [-0.1, -0.05) is 31.2 Å². The Balaban J connectivity index is 1.33. The fraction of sp³-hybridized carbons (Fsp3) is 0.379. The third kappa shape index (κ3) is 4.72. The van der Waals surface area contributed by atoms with E-state index in [0.717, 1.165) is 53.0 Å². The predicted molar refractivity (Wildman–Crippen MR) is 147 cm³/mol. The van der Waals surface area contributed by atoms with Gasteiger partial charge in [0.05, 0.1) is 24.0 Å². The maximum absolute atomic E-state index is 13.9. The minimum Gasteiger partial charge on any atom is -0.477 e. The second-order valence-electron chi connectivity index (χ2n) is 10.3. The quantitative estimate of drug-likeness (QED) is 0.340. The van der Waals surface area contributed by atoms with Crippen LogP contribution in [-0.2, 0) is 9.53 Å². The second kappa shape index (κ2) is 10.3. The molecular weight excluding hydrogens is 500 g/mol. The van der Waals surface area contributed by atoms with Crippen LogP contribution >= 0.6 is 11.3 Å². The Kier molecular flexibility index (Phi) is 6.71. The highest BCUT2D eigenvalue weighted by atomic mass is 32.1. The number of carboxylic acids is 1. The van der Waals surface area contributed by atoms with E-state index in [1.165, 1.54) is 11.3 Å². The molecule has 38 heavy (non-hydrogen) atoms. The van der Waals surface area contributed by atoms with Gasteiger partial charge in [-0.05, 0) is 55.7 Å². The molecule has 4 heterocycles. The molecule has 0 bridgehead atoms. The number of rotatable bonds is 6. The van der Waals surface area contributed by atoms with E-state index in [0.29, 0.717) is 31.2 Å². The van der Waals surface area contributed by atoms with Crippen LogP contribution in [0.15, 0.2) is 54.9 Å². The minimum absolute atomic E-state index is 0.0371. The molecule has 196 valence electrons. The van der Waals surface area contributed by atoms with Crippen molar-refractivity contribution in [1.29, 1.82) is 0 Å². The summed E-state index contributed by atoms with van der Waals surface area (Å²) in [5, 5.41) is 14.7. The zero-order valence-corrected chi connectivity index (χ0v) is 22.1. The number of amides is 1. The molecule has 1 amide bonds. The van der Waals surface area contributed by atoms with Crippen LogP contribution < -0.4 is 4.90 Å². The lowest BCUT2D eigenvalue weighted by molar-refractivity contribution is -0.124. The van der Waals surface area contributed by atoms with Gasteiger partial charge in [-0.15, -0.1) is 11.3 Å². The molecule has 1 saturated heterocycles. The summed E-state index contributed by atoms with van der Waals surface area (Å²) in [6.45, 7) is 3.24. The van der Waals surface area contributed by atoms with Crippen LogP contribution in [0.3, 0.4) is 0 Å². The molecule has 0 radical (unpaired) electrons. The van der Waals surface area contributed by atoms with Crippen molar-refractivity contribution in [3.63, 3.8) is 0 Å². The van der Waals surface area contributed by atoms with Crippen molar-refractivity contribution in [2.24, 2.45) is 11.8 Å². The Morgan fingerprint density at radius 1 is 1.08 bits per heavy atom. The van der Waals surface area contributed by atoms with Gasteiger partial charge in [0.25, 0.3) is 0 Å². The Bertz CT molecular complexity index is 1430. The van der Waals surface area contributed by atoms with Crippen molar-refractivity contribution in [2.45, 2.75) is 45.1 Å². The van der Waals surface area contributed by atoms with Crippen LogP contribution in [-0.4, -0.2) is 50.8 Å². The monoisotopic (exact) mass is 530 g/mol. The summed E-state index contributed by atoms with van der Waals surface area (Å²) in [4.78, 5) is 33.3. The van der Waals surface area contributed by atoms with E-state index in [1.807, 2.05) is 48.7 Å². The number of aromatic nitrogens is 3. The van der Waals surface area contributed by atoms with Gasteiger partial charge in [0.15, 0.2) is 5.65 Å². The number of benzene rings is 1. The topological polar surface area (TPSA) is 97.0 Å². The summed E-state index contributed by atoms with van der Waals surface area (Å²) >= 11 is 1.21. The van der Waals surface area contributed by atoms with Gasteiger partial charge in [-0.25, -0.2) is 14.3 Å². The third-order valence-corrected chi connectivity index (χ3v) is 8.90. The average Bonchev–Trinajstić information content (AvgIpc) is 3.69. The van der Waals surface area contributed by atoms with Gasteiger partial charge < -0.3 is 14.7 Å². The van der Waals surface area contributed by atoms with E-state index in [9.17, 15) is 14.7 Å². The summed E-state index contributed by atoms with van der Waals surface area (Å²) in [7, 11) is 0. The van der Waals surface area contributed by atoms with Crippen LogP contribution in [0, 0.1) is 11.8 Å². The highest BCUT2D eigenvalue weighted by Gasteiger charge is 2.37. The summed E-state index contributed by atoms with van der Waals surface area (Å²) in [6.07, 6.45) is 8.06. The van der Waals surface area contributed by atoms with Gasteiger partial charge in [0, 0.05) is 41.4 Å². The molecule has 2 fully saturated rings. The van der Waals surface area contributed by atoms with Crippen molar-refractivity contribution >= 4 is 34.5 Å². The highest BCUT2D eigenvalue weighted by Crippen LogP contribution is 2.41. The molecule has 4 aromatic rings. The SMILES string of the molecule is C[C@H]1CC[C@H](C(=O)N(c2cc(-c3ccc(-c4cc5ncccn5n4)cc3)sc2C(=O)O)C2CCOC2)CC1. The molecule has 1 atom stereocenters. The smallest absolute Gasteiger partial charge is 0.348 e. The number of aromatic carboxylic acids is 1. The Hall–Kier alpha value is -3.56. The van der Waals surface area contributed by atoms with E-state index in [1.54, 1.807) is 15.6 Å². The largest absolute Gasteiger partial charge is 0.477 e. The van der Waals surface area contributed by atoms with Crippen molar-refractivity contribution in [3.05, 3.63) is 59.7 Å². The molecule has 1 aromatic carbocycles. The Morgan fingerprint density at radius 3 is 2.53 bits per heavy atom. The number of hydrogen-bond acceptors (Lipinski definition) is 6. The first-order valence-corrected chi connectivity index (χ1v) is 14.0. The lowest BCUT2D eigenvalue weighted by Gasteiger charge is -2.34. The van der Waals surface area contributed by atoms with Gasteiger partial charge in [0.2, 0.25) is 5.91 Å². The number of thiophene rings is 1. The summed E-state index contributed by atoms with van der Waals surface area (Å²) in [6, 6.07) is 13.4. The lowest BCUT2D eigenvalue weighted by atomic mass is 9.82. The molecule has 0 spiro atoms. The number of carboxylic acid groups (broad SMARTS) is 1. The number of carbonyl (C=O) groups is 2. The summed E-state index contributed by atoms with van der Waals surface area (Å²) in [5.41, 5.74) is 3.92. The van der Waals surface area contributed by atoms with Crippen LogP contribution in [0.1, 0.15) is 48.7 Å². The lowest BCUT2D eigenvalue weighted by Crippen LogP contribution is -2.45. The molecule has 1 aliphatic heterocycles. The van der Waals surface area contributed by atoms with Crippen LogP contribution in [0.2, 0.25) is 0 Å². The third-order valence-electron chi connectivity index (χ3n) is 7.74. The molecule has 3 aromatic heterocycles. The minimum atomic E-state index is -1.01. The van der Waals surface area contributed by atoms with Crippen molar-refractivity contribution in [3.8, 4) is 21.7 Å². The average molecular weight is 531 g/mol. The fourth-order valence-corrected chi connectivity index (χ4v) is 6.55. The van der Waals surface area contributed by atoms with E-state index < -0.39 is 5.97 Å². The van der Waals surface area contributed by atoms with Crippen molar-refractivity contribution in [2.75, 3.05) is 18.1 Å². The maximum Gasteiger partial charge on any atom is 0.348 e. The van der Waals surface area contributed by atoms with Gasteiger partial charge >= 0.3 is 5.97 Å². The predicted octanol–water partition coefficient (Wildman–Crippen LogP) is 5.77. The van der Waals surface area contributed by atoms with Gasteiger partial charge in [-0.2, -0.15) is 5.10 Å². The first kappa shape index (κ1) is 24.8. The molecule has 9 heteroatoms. The molecule has 1 unspecified atom stereocenters. The summed E-state index contributed by atoms with van der Waals surface area (Å²) in [5.74, 6) is -0.422. The maximum atomic E-state index is 13.9. The molecule has 1 aliphatic carbocycles. The van der Waals surface area contributed by atoms with E-state index in [-0.39, 0.29) is 22.7 Å². The number of anilines is 1. The van der Waals surface area contributed by atoms with E-state index >= 15 is 0 Å².